The molecule has 0 bridgehead atoms. The molecule has 2 amide bonds. The number of carbonyl (C=O) groups excluding carboxylic acids is 3. The Balaban J connectivity index is 1.47. The SMILES string of the molecule is Cc1ccc(S(=O)(=O)N2CCC[C@@H](C(=O)ON3C(=O)c4ccccc4C3=O)C2)cc1. The third kappa shape index (κ3) is 3.50. The number of hydrogen-bond donors (Lipinski definition) is 0. The summed E-state index contributed by atoms with van der Waals surface area (Å²) in [5.41, 5.74) is 1.28. The van der Waals surface area contributed by atoms with E-state index in [2.05, 4.69) is 0 Å². The van der Waals surface area contributed by atoms with E-state index < -0.39 is 33.7 Å². The second-order valence-electron chi connectivity index (χ2n) is 7.38. The van der Waals surface area contributed by atoms with Crippen LogP contribution in [0.1, 0.15) is 39.1 Å². The zero-order chi connectivity index (χ0) is 21.5. The standard InChI is InChI=1S/C21H20N2O6S/c1-14-8-10-16(11-9-14)30(27,28)22-12-4-5-15(13-22)21(26)29-23-19(24)17-6-2-3-7-18(17)20(23)25/h2-3,6-11,15H,4-5,12-13H2,1H3/t15-/m1/s1. The zero-order valence-corrected chi connectivity index (χ0v) is 17.1. The van der Waals surface area contributed by atoms with Gasteiger partial charge >= 0.3 is 5.97 Å². The van der Waals surface area contributed by atoms with E-state index in [1.54, 1.807) is 24.3 Å². The molecule has 9 heteroatoms. The number of aryl methyl sites for hydroxylation is 1. The van der Waals surface area contributed by atoms with Gasteiger partial charge in [0.2, 0.25) is 10.0 Å². The minimum atomic E-state index is -3.76. The van der Waals surface area contributed by atoms with Crippen LogP contribution in [0.25, 0.3) is 0 Å². The van der Waals surface area contributed by atoms with E-state index in [0.29, 0.717) is 17.9 Å². The molecular formula is C21H20N2O6S. The van der Waals surface area contributed by atoms with Crippen LogP contribution in [-0.2, 0) is 19.7 Å². The van der Waals surface area contributed by atoms with Crippen molar-refractivity contribution in [1.29, 1.82) is 0 Å². The van der Waals surface area contributed by atoms with Gasteiger partial charge in [0.05, 0.1) is 21.9 Å². The molecule has 0 aromatic heterocycles. The molecule has 1 atom stereocenters. The van der Waals surface area contributed by atoms with Crippen molar-refractivity contribution in [3.63, 3.8) is 0 Å². The van der Waals surface area contributed by atoms with Crippen LogP contribution in [0.5, 0.6) is 0 Å². The summed E-state index contributed by atoms with van der Waals surface area (Å²) < 4.78 is 27.1. The highest BCUT2D eigenvalue weighted by Crippen LogP contribution is 2.27. The molecular weight excluding hydrogens is 408 g/mol. The molecule has 1 saturated heterocycles. The highest BCUT2D eigenvalue weighted by molar-refractivity contribution is 7.89. The van der Waals surface area contributed by atoms with Gasteiger partial charge in [-0.25, -0.2) is 13.2 Å². The first-order chi connectivity index (χ1) is 14.3. The van der Waals surface area contributed by atoms with Crippen LogP contribution >= 0.6 is 0 Å². The topological polar surface area (TPSA) is 101 Å². The molecule has 2 aromatic rings. The fourth-order valence-corrected chi connectivity index (χ4v) is 5.15. The Labute approximate surface area is 174 Å². The van der Waals surface area contributed by atoms with E-state index in [-0.39, 0.29) is 29.1 Å². The van der Waals surface area contributed by atoms with Crippen LogP contribution in [0.3, 0.4) is 0 Å². The Bertz CT molecular complexity index is 1090. The Hall–Kier alpha value is -3.04. The maximum atomic E-state index is 12.9. The quantitative estimate of drug-likeness (QED) is 0.692. The maximum Gasteiger partial charge on any atom is 0.337 e. The summed E-state index contributed by atoms with van der Waals surface area (Å²) in [7, 11) is -3.76. The van der Waals surface area contributed by atoms with Gasteiger partial charge in [0.1, 0.15) is 0 Å². The normalized spacial score (nSPS) is 19.6. The molecule has 156 valence electrons. The van der Waals surface area contributed by atoms with Gasteiger partial charge in [-0.15, -0.1) is 0 Å². The van der Waals surface area contributed by atoms with E-state index in [1.807, 2.05) is 6.92 Å². The first kappa shape index (κ1) is 20.2. The number of benzene rings is 2. The number of fused-ring (bicyclic) bond motifs is 1. The third-order valence-electron chi connectivity index (χ3n) is 5.31. The Morgan fingerprint density at radius 3 is 2.20 bits per heavy atom. The van der Waals surface area contributed by atoms with E-state index >= 15 is 0 Å². The summed E-state index contributed by atoms with van der Waals surface area (Å²) in [5, 5.41) is 0.459. The largest absolute Gasteiger partial charge is 0.337 e. The summed E-state index contributed by atoms with van der Waals surface area (Å²) in [4.78, 5) is 42.7. The molecule has 0 saturated carbocycles. The van der Waals surface area contributed by atoms with Crippen LogP contribution in [-0.4, -0.2) is 48.7 Å². The van der Waals surface area contributed by atoms with Crippen molar-refractivity contribution in [2.24, 2.45) is 5.92 Å². The van der Waals surface area contributed by atoms with Gasteiger partial charge < -0.3 is 4.84 Å². The van der Waals surface area contributed by atoms with Crippen molar-refractivity contribution in [2.45, 2.75) is 24.7 Å². The smallest absolute Gasteiger partial charge is 0.329 e. The lowest BCUT2D eigenvalue weighted by Crippen LogP contribution is -2.44. The number of carbonyl (C=O) groups is 3. The molecule has 4 rings (SSSR count). The van der Waals surface area contributed by atoms with Gasteiger partial charge in [0, 0.05) is 13.1 Å². The van der Waals surface area contributed by atoms with Gasteiger partial charge in [-0.2, -0.15) is 4.31 Å². The highest BCUT2D eigenvalue weighted by Gasteiger charge is 2.41. The number of hydrogen-bond acceptors (Lipinski definition) is 6. The van der Waals surface area contributed by atoms with Crippen LogP contribution < -0.4 is 0 Å². The molecule has 0 aliphatic carbocycles. The average Bonchev–Trinajstić information content (AvgIpc) is 2.99. The zero-order valence-electron chi connectivity index (χ0n) is 16.3. The molecule has 0 spiro atoms. The van der Waals surface area contributed by atoms with Crippen molar-refractivity contribution in [2.75, 3.05) is 13.1 Å². The monoisotopic (exact) mass is 428 g/mol. The van der Waals surface area contributed by atoms with Crippen molar-refractivity contribution < 1.29 is 27.6 Å². The summed E-state index contributed by atoms with van der Waals surface area (Å²) in [6.45, 7) is 2.08. The summed E-state index contributed by atoms with van der Waals surface area (Å²) >= 11 is 0. The van der Waals surface area contributed by atoms with E-state index in [9.17, 15) is 22.8 Å². The molecule has 2 aromatic carbocycles. The minimum absolute atomic E-state index is 0.0712. The Morgan fingerprint density at radius 2 is 1.60 bits per heavy atom. The average molecular weight is 428 g/mol. The molecule has 30 heavy (non-hydrogen) atoms. The molecule has 2 heterocycles. The molecule has 0 unspecified atom stereocenters. The maximum absolute atomic E-state index is 12.9. The molecule has 2 aliphatic rings. The third-order valence-corrected chi connectivity index (χ3v) is 7.19. The molecule has 2 aliphatic heterocycles. The molecule has 1 fully saturated rings. The van der Waals surface area contributed by atoms with E-state index in [1.165, 1.54) is 28.6 Å². The predicted octanol–water partition coefficient (Wildman–Crippen LogP) is 2.15. The van der Waals surface area contributed by atoms with E-state index in [4.69, 9.17) is 4.84 Å². The number of nitrogens with zero attached hydrogens (tertiary/aromatic N) is 2. The second kappa shape index (κ2) is 7.66. The number of imide groups is 1. The fraction of sp³-hybridized carbons (Fsp3) is 0.286. The molecule has 0 radical (unpaired) electrons. The Kier molecular flexibility index (Phi) is 5.17. The number of hydroxylamine groups is 2. The highest BCUT2D eigenvalue weighted by atomic mass is 32.2. The van der Waals surface area contributed by atoms with Gasteiger partial charge in [-0.3, -0.25) is 9.59 Å². The van der Waals surface area contributed by atoms with Crippen molar-refractivity contribution in [3.05, 3.63) is 65.2 Å². The van der Waals surface area contributed by atoms with Crippen LogP contribution in [0.4, 0.5) is 0 Å². The van der Waals surface area contributed by atoms with Crippen LogP contribution in [0.15, 0.2) is 53.4 Å². The predicted molar refractivity (Wildman–Crippen MR) is 106 cm³/mol. The fourth-order valence-electron chi connectivity index (χ4n) is 3.63. The minimum Gasteiger partial charge on any atom is -0.329 e. The van der Waals surface area contributed by atoms with Crippen LogP contribution in [0.2, 0.25) is 0 Å². The van der Waals surface area contributed by atoms with Gasteiger partial charge in [0.25, 0.3) is 11.8 Å². The number of rotatable bonds is 4. The second-order valence-corrected chi connectivity index (χ2v) is 9.31. The Morgan fingerprint density at radius 1 is 1.00 bits per heavy atom. The van der Waals surface area contributed by atoms with Crippen molar-refractivity contribution >= 4 is 27.8 Å². The van der Waals surface area contributed by atoms with Gasteiger partial charge in [0.15, 0.2) is 0 Å². The lowest BCUT2D eigenvalue weighted by molar-refractivity contribution is -0.174. The lowest BCUT2D eigenvalue weighted by atomic mass is 10.0. The number of amides is 2. The van der Waals surface area contributed by atoms with Crippen molar-refractivity contribution in [1.82, 2.24) is 9.37 Å². The summed E-state index contributed by atoms with van der Waals surface area (Å²) in [5.74, 6) is -2.98. The summed E-state index contributed by atoms with van der Waals surface area (Å²) in [6.07, 6.45) is 0.870. The van der Waals surface area contributed by atoms with E-state index in [0.717, 1.165) is 5.56 Å². The first-order valence-corrected chi connectivity index (χ1v) is 11.0. The summed E-state index contributed by atoms with van der Waals surface area (Å²) in [6, 6.07) is 12.7. The lowest BCUT2D eigenvalue weighted by Gasteiger charge is -2.31. The number of sulfonamides is 1. The number of piperidine rings is 1. The van der Waals surface area contributed by atoms with Crippen molar-refractivity contribution in [3.8, 4) is 0 Å². The van der Waals surface area contributed by atoms with Crippen LogP contribution in [0, 0.1) is 12.8 Å². The molecule has 0 N–H and O–H groups in total. The first-order valence-electron chi connectivity index (χ1n) is 9.55. The van der Waals surface area contributed by atoms with Gasteiger partial charge in [-0.05, 0) is 44.0 Å². The van der Waals surface area contributed by atoms with Gasteiger partial charge in [-0.1, -0.05) is 34.9 Å². The molecule has 8 nitrogen and oxygen atoms in total.